The van der Waals surface area contributed by atoms with E-state index in [9.17, 15) is 0 Å². The molecule has 1 aliphatic heterocycles. The summed E-state index contributed by atoms with van der Waals surface area (Å²) in [6, 6.07) is 9.36. The highest BCUT2D eigenvalue weighted by Crippen LogP contribution is 2.23. The SMILES string of the molecule is CCc1cccc(C2=CN(C)C(C)C=CC2)c1. The lowest BCUT2D eigenvalue weighted by Crippen LogP contribution is -2.20. The van der Waals surface area contributed by atoms with Gasteiger partial charge >= 0.3 is 0 Å². The molecule has 0 saturated carbocycles. The number of hydrogen-bond donors (Lipinski definition) is 0. The first-order valence-electron chi connectivity index (χ1n) is 6.39. The first-order chi connectivity index (χ1) is 8.20. The molecule has 2 rings (SSSR count). The second-order valence-electron chi connectivity index (χ2n) is 4.75. The zero-order valence-corrected chi connectivity index (χ0v) is 11.0. The van der Waals surface area contributed by atoms with E-state index in [0.717, 1.165) is 12.8 Å². The Labute approximate surface area is 104 Å². The topological polar surface area (TPSA) is 3.24 Å². The quantitative estimate of drug-likeness (QED) is 0.693. The van der Waals surface area contributed by atoms with Gasteiger partial charge in [-0.05, 0) is 36.5 Å². The Kier molecular flexibility index (Phi) is 3.68. The zero-order valence-electron chi connectivity index (χ0n) is 11.0. The van der Waals surface area contributed by atoms with Gasteiger partial charge in [0.15, 0.2) is 0 Å². The van der Waals surface area contributed by atoms with Gasteiger partial charge in [0.2, 0.25) is 0 Å². The first kappa shape index (κ1) is 12.0. The van der Waals surface area contributed by atoms with Crippen LogP contribution in [0.5, 0.6) is 0 Å². The van der Waals surface area contributed by atoms with Crippen molar-refractivity contribution in [1.82, 2.24) is 4.90 Å². The van der Waals surface area contributed by atoms with Crippen molar-refractivity contribution in [2.24, 2.45) is 0 Å². The van der Waals surface area contributed by atoms with Crippen molar-refractivity contribution in [1.29, 1.82) is 0 Å². The molecule has 1 aromatic carbocycles. The Hall–Kier alpha value is -1.50. The lowest BCUT2D eigenvalue weighted by Gasteiger charge is -2.19. The van der Waals surface area contributed by atoms with Gasteiger partial charge in [-0.2, -0.15) is 0 Å². The average molecular weight is 227 g/mol. The van der Waals surface area contributed by atoms with Crippen molar-refractivity contribution < 1.29 is 0 Å². The molecule has 0 saturated heterocycles. The van der Waals surface area contributed by atoms with Gasteiger partial charge in [-0.1, -0.05) is 43.3 Å². The normalized spacial score (nSPS) is 20.1. The van der Waals surface area contributed by atoms with Crippen LogP contribution in [0.2, 0.25) is 0 Å². The Balaban J connectivity index is 2.32. The van der Waals surface area contributed by atoms with Gasteiger partial charge < -0.3 is 4.90 Å². The van der Waals surface area contributed by atoms with Gasteiger partial charge in [-0.3, -0.25) is 0 Å². The largest absolute Gasteiger partial charge is 0.374 e. The molecule has 0 fully saturated rings. The number of benzene rings is 1. The molecule has 1 aliphatic rings. The van der Waals surface area contributed by atoms with Gasteiger partial charge in [0.25, 0.3) is 0 Å². The van der Waals surface area contributed by atoms with E-state index >= 15 is 0 Å². The number of likely N-dealkylation sites (N-methyl/N-ethyl adjacent to an activating group) is 1. The molecule has 17 heavy (non-hydrogen) atoms. The summed E-state index contributed by atoms with van der Waals surface area (Å²) in [6.07, 6.45) is 8.95. The van der Waals surface area contributed by atoms with Crippen molar-refractivity contribution in [2.45, 2.75) is 32.7 Å². The minimum Gasteiger partial charge on any atom is -0.374 e. The molecule has 0 aromatic heterocycles. The monoisotopic (exact) mass is 227 g/mol. The minimum atomic E-state index is 0.488. The fourth-order valence-corrected chi connectivity index (χ4v) is 2.13. The lowest BCUT2D eigenvalue weighted by atomic mass is 10.0. The first-order valence-corrected chi connectivity index (χ1v) is 6.39. The Morgan fingerprint density at radius 1 is 1.35 bits per heavy atom. The van der Waals surface area contributed by atoms with E-state index in [1.807, 2.05) is 0 Å². The fourth-order valence-electron chi connectivity index (χ4n) is 2.13. The molecule has 0 aliphatic carbocycles. The van der Waals surface area contributed by atoms with Gasteiger partial charge in [0.05, 0.1) is 0 Å². The second-order valence-corrected chi connectivity index (χ2v) is 4.75. The number of aryl methyl sites for hydroxylation is 1. The summed E-state index contributed by atoms with van der Waals surface area (Å²) in [6.45, 7) is 4.42. The molecule has 0 amide bonds. The van der Waals surface area contributed by atoms with Gasteiger partial charge in [-0.25, -0.2) is 0 Å². The van der Waals surface area contributed by atoms with Gasteiger partial charge in [0.1, 0.15) is 0 Å². The zero-order chi connectivity index (χ0) is 12.3. The summed E-state index contributed by atoms with van der Waals surface area (Å²) in [5.41, 5.74) is 4.17. The van der Waals surface area contributed by atoms with E-state index in [1.165, 1.54) is 16.7 Å². The highest BCUT2D eigenvalue weighted by Gasteiger charge is 2.09. The molecular weight excluding hydrogens is 206 g/mol. The highest BCUT2D eigenvalue weighted by molar-refractivity contribution is 5.67. The third kappa shape index (κ3) is 2.79. The smallest absolute Gasteiger partial charge is 0.0436 e. The lowest BCUT2D eigenvalue weighted by molar-refractivity contribution is 0.410. The predicted octanol–water partition coefficient (Wildman–Crippen LogP) is 3.87. The molecule has 1 unspecified atom stereocenters. The Bertz CT molecular complexity index is 443. The maximum atomic E-state index is 2.31. The number of nitrogens with zero attached hydrogens (tertiary/aromatic N) is 1. The average Bonchev–Trinajstić information content (AvgIpc) is 2.52. The van der Waals surface area contributed by atoms with Crippen molar-refractivity contribution >= 4 is 5.57 Å². The third-order valence-corrected chi connectivity index (χ3v) is 3.46. The van der Waals surface area contributed by atoms with E-state index < -0.39 is 0 Å². The van der Waals surface area contributed by atoms with Crippen molar-refractivity contribution in [3.8, 4) is 0 Å². The summed E-state index contributed by atoms with van der Waals surface area (Å²) in [5.74, 6) is 0. The number of hydrogen-bond acceptors (Lipinski definition) is 1. The van der Waals surface area contributed by atoms with Crippen LogP contribution in [0.15, 0.2) is 42.6 Å². The Morgan fingerprint density at radius 3 is 2.94 bits per heavy atom. The molecule has 1 aromatic rings. The summed E-state index contributed by atoms with van der Waals surface area (Å²) >= 11 is 0. The Morgan fingerprint density at radius 2 is 2.18 bits per heavy atom. The van der Waals surface area contributed by atoms with E-state index in [1.54, 1.807) is 0 Å². The van der Waals surface area contributed by atoms with Crippen LogP contribution in [0.4, 0.5) is 0 Å². The summed E-state index contributed by atoms with van der Waals surface area (Å²) in [7, 11) is 2.14. The number of rotatable bonds is 2. The summed E-state index contributed by atoms with van der Waals surface area (Å²) in [4.78, 5) is 2.28. The van der Waals surface area contributed by atoms with E-state index in [0.29, 0.717) is 6.04 Å². The van der Waals surface area contributed by atoms with Gasteiger partial charge in [-0.15, -0.1) is 0 Å². The van der Waals surface area contributed by atoms with Crippen molar-refractivity contribution in [3.63, 3.8) is 0 Å². The van der Waals surface area contributed by atoms with Crippen LogP contribution in [0, 0.1) is 0 Å². The van der Waals surface area contributed by atoms with Crippen LogP contribution >= 0.6 is 0 Å². The molecular formula is C16H21N. The van der Waals surface area contributed by atoms with Crippen LogP contribution in [-0.4, -0.2) is 18.0 Å². The van der Waals surface area contributed by atoms with Crippen LogP contribution < -0.4 is 0 Å². The van der Waals surface area contributed by atoms with Crippen LogP contribution in [0.1, 0.15) is 31.4 Å². The maximum Gasteiger partial charge on any atom is 0.0436 e. The highest BCUT2D eigenvalue weighted by atomic mass is 15.1. The molecule has 1 heteroatoms. The predicted molar refractivity (Wildman–Crippen MR) is 74.8 cm³/mol. The fraction of sp³-hybridized carbons (Fsp3) is 0.375. The standard InChI is InChI=1S/C16H21N/c1-4-14-8-6-9-15(11-14)16-10-5-7-13(2)17(3)12-16/h5-9,11-13H,4,10H2,1-3H3. The molecule has 0 radical (unpaired) electrons. The van der Waals surface area contributed by atoms with Crippen molar-refractivity contribution in [2.75, 3.05) is 7.05 Å². The van der Waals surface area contributed by atoms with E-state index in [2.05, 4.69) is 68.4 Å². The maximum absolute atomic E-state index is 2.31. The number of allylic oxidation sites excluding steroid dienone is 2. The molecule has 1 atom stereocenters. The van der Waals surface area contributed by atoms with Crippen LogP contribution in [-0.2, 0) is 6.42 Å². The second kappa shape index (κ2) is 5.22. The molecule has 1 nitrogen and oxygen atoms in total. The molecule has 0 bridgehead atoms. The van der Waals surface area contributed by atoms with E-state index in [-0.39, 0.29) is 0 Å². The molecule has 0 spiro atoms. The third-order valence-electron chi connectivity index (χ3n) is 3.46. The van der Waals surface area contributed by atoms with Crippen molar-refractivity contribution in [3.05, 3.63) is 53.7 Å². The molecule has 0 N–H and O–H groups in total. The minimum absolute atomic E-state index is 0.488. The van der Waals surface area contributed by atoms with Gasteiger partial charge in [0, 0.05) is 19.3 Å². The summed E-state index contributed by atoms with van der Waals surface area (Å²) < 4.78 is 0. The summed E-state index contributed by atoms with van der Waals surface area (Å²) in [5, 5.41) is 0. The molecule has 1 heterocycles. The van der Waals surface area contributed by atoms with Crippen LogP contribution in [0.25, 0.3) is 5.57 Å². The molecule has 90 valence electrons. The van der Waals surface area contributed by atoms with Crippen LogP contribution in [0.3, 0.4) is 0 Å². The van der Waals surface area contributed by atoms with E-state index in [4.69, 9.17) is 0 Å².